The van der Waals surface area contributed by atoms with Gasteiger partial charge < -0.3 is 14.9 Å². The summed E-state index contributed by atoms with van der Waals surface area (Å²) in [6.07, 6.45) is 4.01. The topological polar surface area (TPSA) is 42.8 Å². The standard InChI is InChI=1S/C25H27ClFN4O/c1-29-10-12-30(13-11-29)19-5-8-31(9-6-19)24-4-7-28-23-3-2-17(14-20(23)24)18-15-21(26)25(32)22(27)16-18/h2-3,7,14-16,19,32H,5-6,8-13H2,1H3. The van der Waals surface area contributed by atoms with Gasteiger partial charge in [-0.15, -0.1) is 0 Å². The smallest absolute Gasteiger partial charge is 0.170 e. The van der Waals surface area contributed by atoms with Gasteiger partial charge in [-0.3, -0.25) is 9.88 Å². The monoisotopic (exact) mass is 453 g/mol. The number of rotatable bonds is 3. The second-order valence-electron chi connectivity index (χ2n) is 8.83. The van der Waals surface area contributed by atoms with Crippen LogP contribution in [0.25, 0.3) is 22.0 Å². The van der Waals surface area contributed by atoms with Crippen molar-refractivity contribution >= 4 is 28.2 Å². The fourth-order valence-corrected chi connectivity index (χ4v) is 5.10. The molecule has 3 aromatic rings. The lowest BCUT2D eigenvalue weighted by Crippen LogP contribution is -2.52. The molecule has 0 spiro atoms. The first-order chi connectivity index (χ1) is 15.5. The molecular formula is C25H27ClFN4O. The van der Waals surface area contributed by atoms with Crippen LogP contribution >= 0.6 is 11.6 Å². The molecule has 2 aliphatic rings. The van der Waals surface area contributed by atoms with Gasteiger partial charge in [-0.05, 0) is 55.3 Å². The number of pyridine rings is 1. The number of phenolic OH excluding ortho intramolecular Hbond substituents is 1. The van der Waals surface area contributed by atoms with E-state index in [1.165, 1.54) is 6.07 Å². The van der Waals surface area contributed by atoms with Crippen LogP contribution in [-0.4, -0.2) is 72.2 Å². The molecule has 0 aliphatic carbocycles. The van der Waals surface area contributed by atoms with Gasteiger partial charge in [0, 0.05) is 63.0 Å². The van der Waals surface area contributed by atoms with Crippen molar-refractivity contribution in [3.05, 3.63) is 53.4 Å². The molecule has 7 heteroatoms. The van der Waals surface area contributed by atoms with Crippen LogP contribution < -0.4 is 4.90 Å². The van der Waals surface area contributed by atoms with Gasteiger partial charge in [-0.25, -0.2) is 4.39 Å². The number of hydrogen-bond donors (Lipinski definition) is 1. The van der Waals surface area contributed by atoms with Crippen molar-refractivity contribution in [1.29, 1.82) is 0 Å². The summed E-state index contributed by atoms with van der Waals surface area (Å²) < 4.78 is 14.1. The zero-order valence-corrected chi connectivity index (χ0v) is 18.9. The van der Waals surface area contributed by atoms with Crippen molar-refractivity contribution in [2.75, 3.05) is 51.2 Å². The van der Waals surface area contributed by atoms with Crippen LogP contribution in [0.2, 0.25) is 5.02 Å². The van der Waals surface area contributed by atoms with Crippen LogP contribution in [0.3, 0.4) is 0 Å². The molecule has 1 radical (unpaired) electrons. The third-order valence-corrected chi connectivity index (χ3v) is 7.13. The zero-order valence-electron chi connectivity index (χ0n) is 18.2. The van der Waals surface area contributed by atoms with Gasteiger partial charge >= 0.3 is 0 Å². The molecule has 0 saturated carbocycles. The minimum atomic E-state index is -0.725. The molecule has 5 nitrogen and oxygen atoms in total. The van der Waals surface area contributed by atoms with E-state index in [1.54, 1.807) is 12.3 Å². The molecule has 167 valence electrons. The van der Waals surface area contributed by atoms with E-state index in [9.17, 15) is 9.50 Å². The number of piperazine rings is 1. The molecular weight excluding hydrogens is 427 g/mol. The van der Waals surface area contributed by atoms with Crippen molar-refractivity contribution in [3.63, 3.8) is 0 Å². The Morgan fingerprint density at radius 3 is 2.50 bits per heavy atom. The summed E-state index contributed by atoms with van der Waals surface area (Å²) in [7, 11) is 2.19. The molecule has 0 bridgehead atoms. The number of phenols is 1. The van der Waals surface area contributed by atoms with Crippen molar-refractivity contribution < 1.29 is 9.50 Å². The maximum atomic E-state index is 14.1. The minimum Gasteiger partial charge on any atom is -0.504 e. The number of halogens is 2. The average Bonchev–Trinajstić information content (AvgIpc) is 2.82. The lowest BCUT2D eigenvalue weighted by molar-refractivity contribution is 0.0982. The third-order valence-electron chi connectivity index (χ3n) is 6.84. The number of fused-ring (bicyclic) bond motifs is 1. The number of aromatic hydroxyl groups is 1. The molecule has 5 rings (SSSR count). The number of aromatic nitrogens is 1. The highest BCUT2D eigenvalue weighted by Crippen LogP contribution is 2.35. The van der Waals surface area contributed by atoms with Crippen molar-refractivity contribution in [2.24, 2.45) is 0 Å². The molecule has 2 saturated heterocycles. The van der Waals surface area contributed by atoms with E-state index < -0.39 is 11.6 Å². The predicted octanol–water partition coefficient (Wildman–Crippen LogP) is 4.42. The van der Waals surface area contributed by atoms with Gasteiger partial charge in [0.1, 0.15) is 0 Å². The van der Waals surface area contributed by atoms with E-state index in [2.05, 4.69) is 32.8 Å². The number of piperidine rings is 1. The zero-order chi connectivity index (χ0) is 22.2. The number of anilines is 1. The molecule has 1 aromatic heterocycles. The van der Waals surface area contributed by atoms with E-state index in [0.29, 0.717) is 11.6 Å². The van der Waals surface area contributed by atoms with Crippen molar-refractivity contribution in [1.82, 2.24) is 14.8 Å². The molecule has 2 fully saturated rings. The van der Waals surface area contributed by atoms with Crippen LogP contribution in [0.4, 0.5) is 10.1 Å². The molecule has 0 atom stereocenters. The van der Waals surface area contributed by atoms with Crippen LogP contribution in [0, 0.1) is 11.9 Å². The molecule has 32 heavy (non-hydrogen) atoms. The molecule has 0 unspecified atom stereocenters. The van der Waals surface area contributed by atoms with Crippen LogP contribution in [0.15, 0.2) is 36.5 Å². The number of benzene rings is 2. The Morgan fingerprint density at radius 1 is 1.03 bits per heavy atom. The fraction of sp³-hybridized carbons (Fsp3) is 0.400. The summed E-state index contributed by atoms with van der Waals surface area (Å²) in [6, 6.07) is 12.7. The first-order valence-corrected chi connectivity index (χ1v) is 11.5. The Kier molecular flexibility index (Phi) is 5.93. The van der Waals surface area contributed by atoms with Gasteiger partial charge in [0.2, 0.25) is 0 Å². The second kappa shape index (κ2) is 8.85. The van der Waals surface area contributed by atoms with Crippen molar-refractivity contribution in [3.8, 4) is 16.9 Å². The highest BCUT2D eigenvalue weighted by molar-refractivity contribution is 6.32. The highest BCUT2D eigenvalue weighted by Gasteiger charge is 2.27. The van der Waals surface area contributed by atoms with Gasteiger partial charge in [0.15, 0.2) is 11.6 Å². The molecule has 1 N–H and O–H groups in total. The summed E-state index contributed by atoms with van der Waals surface area (Å²) in [5.74, 6) is -1.24. The summed E-state index contributed by atoms with van der Waals surface area (Å²) in [4.78, 5) is 11.9. The number of nitrogens with zero attached hydrogens (tertiary/aromatic N) is 4. The Labute approximate surface area is 193 Å². The van der Waals surface area contributed by atoms with Gasteiger partial charge in [0.05, 0.1) is 16.2 Å². The number of hydrogen-bond acceptors (Lipinski definition) is 5. The normalized spacial score (nSPS) is 19.0. The van der Waals surface area contributed by atoms with E-state index in [-0.39, 0.29) is 5.02 Å². The maximum absolute atomic E-state index is 14.1. The Bertz CT molecular complexity index is 1100. The summed E-state index contributed by atoms with van der Waals surface area (Å²) >= 11 is 6.00. The quantitative estimate of drug-likeness (QED) is 0.636. The maximum Gasteiger partial charge on any atom is 0.170 e. The predicted molar refractivity (Wildman–Crippen MR) is 127 cm³/mol. The van der Waals surface area contributed by atoms with Gasteiger partial charge in [0.25, 0.3) is 0 Å². The summed E-state index contributed by atoms with van der Waals surface area (Å²) in [6.45, 7) is 6.56. The van der Waals surface area contributed by atoms with Crippen LogP contribution in [-0.2, 0) is 0 Å². The van der Waals surface area contributed by atoms with E-state index in [1.807, 2.05) is 18.2 Å². The SMILES string of the molecule is CN1CCN(C2CCN(c3[c]cnc4ccc(-c5cc(F)c(O)c(Cl)c5)cc34)CC2)CC1. The average molecular weight is 454 g/mol. The molecule has 2 aromatic carbocycles. The minimum absolute atomic E-state index is 0.00375. The summed E-state index contributed by atoms with van der Waals surface area (Å²) in [5, 5.41) is 10.7. The van der Waals surface area contributed by atoms with E-state index in [4.69, 9.17) is 11.6 Å². The second-order valence-corrected chi connectivity index (χ2v) is 9.24. The third kappa shape index (κ3) is 4.15. The number of likely N-dealkylation sites (N-methyl/N-ethyl adjacent to an activating group) is 1. The van der Waals surface area contributed by atoms with Gasteiger partial charge in [-0.1, -0.05) is 17.7 Å². The fourth-order valence-electron chi connectivity index (χ4n) is 4.89. The molecule has 3 heterocycles. The first kappa shape index (κ1) is 21.4. The molecule has 2 aliphatic heterocycles. The van der Waals surface area contributed by atoms with E-state index in [0.717, 1.165) is 74.3 Å². The Morgan fingerprint density at radius 2 is 1.78 bits per heavy atom. The molecule has 0 amide bonds. The van der Waals surface area contributed by atoms with E-state index >= 15 is 0 Å². The Hall–Kier alpha value is -2.41. The van der Waals surface area contributed by atoms with Crippen LogP contribution in [0.5, 0.6) is 5.75 Å². The Balaban J connectivity index is 1.40. The highest BCUT2D eigenvalue weighted by atomic mass is 35.5. The summed E-state index contributed by atoms with van der Waals surface area (Å²) in [5.41, 5.74) is 3.37. The van der Waals surface area contributed by atoms with Gasteiger partial charge in [-0.2, -0.15) is 0 Å². The van der Waals surface area contributed by atoms with Crippen molar-refractivity contribution in [2.45, 2.75) is 18.9 Å². The lowest BCUT2D eigenvalue weighted by atomic mass is 9.99. The lowest BCUT2D eigenvalue weighted by Gasteiger charge is -2.42. The largest absolute Gasteiger partial charge is 0.504 e. The van der Waals surface area contributed by atoms with Crippen LogP contribution in [0.1, 0.15) is 12.8 Å². The first-order valence-electron chi connectivity index (χ1n) is 11.2.